The lowest BCUT2D eigenvalue weighted by Crippen LogP contribution is -2.43. The third-order valence-electron chi connectivity index (χ3n) is 4.73. The van der Waals surface area contributed by atoms with Gasteiger partial charge in [-0.15, -0.1) is 11.3 Å². The molecule has 1 aromatic carbocycles. The molecule has 1 aliphatic rings. The number of hydrogen-bond acceptors (Lipinski definition) is 4. The second-order valence-electron chi connectivity index (χ2n) is 6.61. The van der Waals surface area contributed by atoms with Crippen LogP contribution >= 0.6 is 11.3 Å². The lowest BCUT2D eigenvalue weighted by Gasteiger charge is -2.26. The van der Waals surface area contributed by atoms with Crippen LogP contribution in [0.5, 0.6) is 0 Å². The molecule has 1 fully saturated rings. The first-order chi connectivity index (χ1) is 12.5. The molecule has 0 atom stereocenters. The van der Waals surface area contributed by atoms with Gasteiger partial charge in [-0.3, -0.25) is 4.79 Å². The fourth-order valence-electron chi connectivity index (χ4n) is 3.18. The third kappa shape index (κ3) is 4.60. The van der Waals surface area contributed by atoms with Gasteiger partial charge in [0.1, 0.15) is 5.01 Å². The van der Waals surface area contributed by atoms with Crippen LogP contribution < -0.4 is 10.6 Å². The smallest absolute Gasteiger partial charge is 0.315 e. The maximum Gasteiger partial charge on any atom is 0.315 e. The van der Waals surface area contributed by atoms with E-state index in [4.69, 9.17) is 5.11 Å². The Morgan fingerprint density at radius 3 is 2.54 bits per heavy atom. The molecule has 1 heterocycles. The van der Waals surface area contributed by atoms with Crippen LogP contribution in [0.2, 0.25) is 0 Å². The molecule has 3 rings (SSSR count). The number of aliphatic carboxylic acids is 1. The monoisotopic (exact) mass is 373 g/mol. The Morgan fingerprint density at radius 2 is 1.88 bits per heavy atom. The van der Waals surface area contributed by atoms with Crippen molar-refractivity contribution in [1.29, 1.82) is 0 Å². The van der Waals surface area contributed by atoms with Crippen molar-refractivity contribution in [2.24, 2.45) is 5.92 Å². The molecule has 0 aliphatic heterocycles. The maximum atomic E-state index is 12.1. The molecule has 0 bridgehead atoms. The highest BCUT2D eigenvalue weighted by Crippen LogP contribution is 2.27. The number of carbonyl (C=O) groups excluding carboxylic acids is 1. The number of nitrogens with zero attached hydrogens (tertiary/aromatic N) is 1. The normalized spacial score (nSPS) is 19.7. The molecule has 3 N–H and O–H groups in total. The number of carbonyl (C=O) groups is 2. The van der Waals surface area contributed by atoms with E-state index in [1.807, 2.05) is 37.3 Å². The molecule has 0 radical (unpaired) electrons. The van der Waals surface area contributed by atoms with Crippen molar-refractivity contribution < 1.29 is 14.7 Å². The molecule has 138 valence electrons. The Kier molecular flexibility index (Phi) is 5.88. The number of aryl methyl sites for hydroxylation is 1. The summed E-state index contributed by atoms with van der Waals surface area (Å²) in [6, 6.07) is 9.82. The average molecular weight is 373 g/mol. The van der Waals surface area contributed by atoms with E-state index in [2.05, 4.69) is 15.6 Å². The number of benzene rings is 1. The summed E-state index contributed by atoms with van der Waals surface area (Å²) < 4.78 is 0. The fourth-order valence-corrected chi connectivity index (χ4v) is 4.19. The summed E-state index contributed by atoms with van der Waals surface area (Å²) in [7, 11) is 0. The summed E-state index contributed by atoms with van der Waals surface area (Å²) in [5.41, 5.74) is 2.00. The first-order valence-corrected chi connectivity index (χ1v) is 9.63. The summed E-state index contributed by atoms with van der Waals surface area (Å²) in [4.78, 5) is 28.7. The van der Waals surface area contributed by atoms with Crippen LogP contribution in [0.3, 0.4) is 0 Å². The Labute approximate surface area is 156 Å². The number of rotatable bonds is 5. The molecule has 1 saturated carbocycles. The van der Waals surface area contributed by atoms with Crippen molar-refractivity contribution in [3.8, 4) is 10.6 Å². The van der Waals surface area contributed by atoms with Gasteiger partial charge in [-0.25, -0.2) is 9.78 Å². The van der Waals surface area contributed by atoms with Crippen LogP contribution in [-0.2, 0) is 11.3 Å². The Morgan fingerprint density at radius 1 is 1.19 bits per heavy atom. The van der Waals surface area contributed by atoms with E-state index in [1.165, 1.54) is 0 Å². The van der Waals surface area contributed by atoms with E-state index < -0.39 is 5.97 Å². The molecular formula is C19H23N3O3S. The van der Waals surface area contributed by atoms with Gasteiger partial charge in [-0.1, -0.05) is 30.3 Å². The molecule has 0 unspecified atom stereocenters. The van der Waals surface area contributed by atoms with Gasteiger partial charge in [0.15, 0.2) is 0 Å². The van der Waals surface area contributed by atoms with E-state index in [1.54, 1.807) is 11.3 Å². The van der Waals surface area contributed by atoms with Crippen LogP contribution in [0.4, 0.5) is 4.79 Å². The van der Waals surface area contributed by atoms with E-state index in [-0.39, 0.29) is 18.0 Å². The Bertz CT molecular complexity index is 768. The lowest BCUT2D eigenvalue weighted by atomic mass is 9.86. The number of amides is 2. The number of thiazole rings is 1. The van der Waals surface area contributed by atoms with Gasteiger partial charge >= 0.3 is 12.0 Å². The molecule has 1 aromatic heterocycles. The van der Waals surface area contributed by atoms with Gasteiger partial charge in [0.25, 0.3) is 0 Å². The van der Waals surface area contributed by atoms with Crippen LogP contribution in [-0.4, -0.2) is 28.1 Å². The van der Waals surface area contributed by atoms with Gasteiger partial charge < -0.3 is 15.7 Å². The van der Waals surface area contributed by atoms with E-state index in [0.717, 1.165) is 21.1 Å². The van der Waals surface area contributed by atoms with E-state index in [9.17, 15) is 9.59 Å². The first kappa shape index (κ1) is 18.4. The van der Waals surface area contributed by atoms with Gasteiger partial charge in [0.05, 0.1) is 18.2 Å². The summed E-state index contributed by atoms with van der Waals surface area (Å²) in [6.07, 6.45) is 2.66. The topological polar surface area (TPSA) is 91.3 Å². The average Bonchev–Trinajstić information content (AvgIpc) is 3.02. The third-order valence-corrected chi connectivity index (χ3v) is 5.94. The summed E-state index contributed by atoms with van der Waals surface area (Å²) in [5, 5.41) is 15.8. The minimum absolute atomic E-state index is 0.0491. The number of nitrogens with one attached hydrogen (secondary N) is 2. The quantitative estimate of drug-likeness (QED) is 0.747. The predicted molar refractivity (Wildman–Crippen MR) is 101 cm³/mol. The van der Waals surface area contributed by atoms with Gasteiger partial charge in [-0.05, 0) is 32.6 Å². The minimum Gasteiger partial charge on any atom is -0.481 e. The Balaban J connectivity index is 1.49. The number of carboxylic acid groups (broad SMARTS) is 1. The number of hydrogen-bond donors (Lipinski definition) is 3. The summed E-state index contributed by atoms with van der Waals surface area (Å²) in [5.74, 6) is -1.00. The summed E-state index contributed by atoms with van der Waals surface area (Å²) >= 11 is 1.59. The molecule has 1 aliphatic carbocycles. The van der Waals surface area contributed by atoms with Crippen LogP contribution in [0.25, 0.3) is 10.6 Å². The zero-order chi connectivity index (χ0) is 18.5. The van der Waals surface area contributed by atoms with Crippen molar-refractivity contribution in [2.75, 3.05) is 0 Å². The number of aromatic nitrogens is 1. The molecule has 0 saturated heterocycles. The largest absolute Gasteiger partial charge is 0.481 e. The van der Waals surface area contributed by atoms with Gasteiger partial charge in [0.2, 0.25) is 0 Å². The van der Waals surface area contributed by atoms with Crippen molar-refractivity contribution in [3.05, 3.63) is 40.9 Å². The molecule has 0 spiro atoms. The minimum atomic E-state index is -0.734. The number of urea groups is 1. The number of carboxylic acids is 1. The molecule has 26 heavy (non-hydrogen) atoms. The standard InChI is InChI=1S/C19H23N3O3S/c1-12-16(26-17(21-12)13-5-3-2-4-6-13)11-20-19(25)22-15-9-7-14(8-10-15)18(23)24/h2-6,14-15H,7-11H2,1H3,(H,23,24)(H2,20,22,25). The predicted octanol–water partition coefficient (Wildman–Crippen LogP) is 3.56. The highest BCUT2D eigenvalue weighted by Gasteiger charge is 2.26. The van der Waals surface area contributed by atoms with Gasteiger partial charge in [-0.2, -0.15) is 0 Å². The Hall–Kier alpha value is -2.41. The maximum absolute atomic E-state index is 12.1. The van der Waals surface area contributed by atoms with E-state index in [0.29, 0.717) is 32.2 Å². The van der Waals surface area contributed by atoms with Crippen LogP contribution in [0, 0.1) is 12.8 Å². The SMILES string of the molecule is Cc1nc(-c2ccccc2)sc1CNC(=O)NC1CCC(C(=O)O)CC1. The molecule has 2 aromatic rings. The molecule has 6 nitrogen and oxygen atoms in total. The first-order valence-electron chi connectivity index (χ1n) is 8.82. The summed E-state index contributed by atoms with van der Waals surface area (Å²) in [6.45, 7) is 2.39. The highest BCUT2D eigenvalue weighted by atomic mass is 32.1. The van der Waals surface area contributed by atoms with E-state index >= 15 is 0 Å². The van der Waals surface area contributed by atoms with Crippen molar-refractivity contribution in [3.63, 3.8) is 0 Å². The zero-order valence-corrected chi connectivity index (χ0v) is 15.5. The molecular weight excluding hydrogens is 350 g/mol. The zero-order valence-electron chi connectivity index (χ0n) is 14.7. The van der Waals surface area contributed by atoms with Crippen molar-refractivity contribution >= 4 is 23.3 Å². The fraction of sp³-hybridized carbons (Fsp3) is 0.421. The highest BCUT2D eigenvalue weighted by molar-refractivity contribution is 7.15. The van der Waals surface area contributed by atoms with Gasteiger partial charge in [0, 0.05) is 16.5 Å². The van der Waals surface area contributed by atoms with Crippen LogP contribution in [0.15, 0.2) is 30.3 Å². The lowest BCUT2D eigenvalue weighted by molar-refractivity contribution is -0.142. The second-order valence-corrected chi connectivity index (χ2v) is 7.69. The molecule has 7 heteroatoms. The van der Waals surface area contributed by atoms with Crippen LogP contribution in [0.1, 0.15) is 36.3 Å². The second kappa shape index (κ2) is 8.31. The van der Waals surface area contributed by atoms with Crippen molar-refractivity contribution in [1.82, 2.24) is 15.6 Å². The molecule has 2 amide bonds. The van der Waals surface area contributed by atoms with Crippen molar-refractivity contribution in [2.45, 2.75) is 45.2 Å².